The Morgan fingerprint density at radius 3 is 1.70 bits per heavy atom. The van der Waals surface area contributed by atoms with E-state index in [0.29, 0.717) is 0 Å². The van der Waals surface area contributed by atoms with Gasteiger partial charge in [-0.15, -0.1) is 0 Å². The van der Waals surface area contributed by atoms with E-state index in [4.69, 9.17) is 4.42 Å². The average molecular weight is 639 g/mol. The summed E-state index contributed by atoms with van der Waals surface area (Å²) >= 11 is 0. The molecule has 0 amide bonds. The highest BCUT2D eigenvalue weighted by Crippen LogP contribution is 2.46. The molecule has 9 aromatic rings. The second-order valence-electron chi connectivity index (χ2n) is 13.9. The maximum atomic E-state index is 6.64. The first-order chi connectivity index (χ1) is 24.7. The first kappa shape index (κ1) is 28.8. The predicted octanol–water partition coefficient (Wildman–Crippen LogP) is 13.8. The van der Waals surface area contributed by atoms with Gasteiger partial charge in [0.1, 0.15) is 11.2 Å². The number of furan rings is 1. The topological polar surface area (TPSA) is 13.1 Å². The summed E-state index contributed by atoms with van der Waals surface area (Å²) in [6, 6.07) is 55.5. The summed E-state index contributed by atoms with van der Waals surface area (Å²) in [6.45, 7) is 2.33. The van der Waals surface area contributed by atoms with E-state index < -0.39 is 0 Å². The summed E-state index contributed by atoms with van der Waals surface area (Å²) in [5, 5.41) is 9.72. The van der Waals surface area contributed by atoms with Crippen LogP contribution in [-0.4, -0.2) is 0 Å². The molecule has 0 fully saturated rings. The summed E-state index contributed by atoms with van der Waals surface area (Å²) in [6.07, 6.45) is 9.93. The normalized spacial score (nSPS) is 15.9. The maximum absolute atomic E-state index is 6.64. The van der Waals surface area contributed by atoms with Crippen LogP contribution in [0.25, 0.3) is 87.6 Å². The number of hydrogen-bond acceptors (Lipinski definition) is 1. The fraction of sp³-hybridized carbons (Fsp3) is 0.0612. The van der Waals surface area contributed by atoms with Crippen LogP contribution >= 0.6 is 0 Å². The van der Waals surface area contributed by atoms with Crippen molar-refractivity contribution in [2.24, 2.45) is 0 Å². The molecule has 1 aromatic heterocycles. The Bertz CT molecular complexity index is 2790. The van der Waals surface area contributed by atoms with Crippen molar-refractivity contribution in [3.8, 4) is 33.4 Å². The van der Waals surface area contributed by atoms with Gasteiger partial charge in [0.15, 0.2) is 0 Å². The molecule has 0 saturated heterocycles. The smallest absolute Gasteiger partial charge is 0.143 e. The highest BCUT2D eigenvalue weighted by Gasteiger charge is 2.24. The monoisotopic (exact) mass is 638 g/mol. The van der Waals surface area contributed by atoms with Gasteiger partial charge in [0.2, 0.25) is 0 Å². The van der Waals surface area contributed by atoms with Crippen molar-refractivity contribution in [1.82, 2.24) is 0 Å². The van der Waals surface area contributed by atoms with Crippen LogP contribution in [0.3, 0.4) is 0 Å². The molecule has 0 bridgehead atoms. The summed E-state index contributed by atoms with van der Waals surface area (Å²) in [4.78, 5) is 0. The molecule has 1 nitrogen and oxygen atoms in total. The molecule has 10 rings (SSSR count). The van der Waals surface area contributed by atoms with Gasteiger partial charge in [0, 0.05) is 21.8 Å². The molecular formula is C49H34O. The summed E-state index contributed by atoms with van der Waals surface area (Å²) in [5.41, 5.74) is 10.5. The SMILES string of the molecule is CC1(c2ccc(-c3c4ccccc4c(-c4cccc(-c5c6ccccc6cc6c5oc5ccccc56)c4)c4ccccc34)cc2)C=CC=CC1. The molecule has 0 spiro atoms. The Morgan fingerprint density at radius 1 is 0.460 bits per heavy atom. The van der Waals surface area contributed by atoms with Gasteiger partial charge in [-0.05, 0) is 90.3 Å². The van der Waals surface area contributed by atoms with Crippen LogP contribution in [-0.2, 0) is 5.41 Å². The lowest BCUT2D eigenvalue weighted by molar-refractivity contribution is 0.600. The van der Waals surface area contributed by atoms with Gasteiger partial charge in [0.05, 0.1) is 0 Å². The van der Waals surface area contributed by atoms with Crippen LogP contribution in [0.4, 0.5) is 0 Å². The van der Waals surface area contributed by atoms with Gasteiger partial charge in [-0.25, -0.2) is 0 Å². The third-order valence-electron chi connectivity index (χ3n) is 10.8. The minimum absolute atomic E-state index is 0.0182. The molecule has 0 saturated carbocycles. The van der Waals surface area contributed by atoms with Crippen molar-refractivity contribution in [2.75, 3.05) is 0 Å². The number of allylic oxidation sites excluding steroid dienone is 4. The van der Waals surface area contributed by atoms with Gasteiger partial charge < -0.3 is 4.42 Å². The number of para-hydroxylation sites is 1. The fourth-order valence-electron chi connectivity index (χ4n) is 8.35. The summed E-state index contributed by atoms with van der Waals surface area (Å²) in [5.74, 6) is 0. The first-order valence-corrected chi connectivity index (χ1v) is 17.5. The lowest BCUT2D eigenvalue weighted by atomic mass is 9.77. The van der Waals surface area contributed by atoms with Crippen LogP contribution in [0.1, 0.15) is 18.9 Å². The average Bonchev–Trinajstić information content (AvgIpc) is 3.54. The minimum atomic E-state index is 0.0182. The van der Waals surface area contributed by atoms with Crippen LogP contribution in [0.2, 0.25) is 0 Å². The van der Waals surface area contributed by atoms with Crippen molar-refractivity contribution in [3.63, 3.8) is 0 Å². The largest absolute Gasteiger partial charge is 0.455 e. The third kappa shape index (κ3) is 4.40. The molecule has 0 N–H and O–H groups in total. The quantitative estimate of drug-likeness (QED) is 0.175. The van der Waals surface area contributed by atoms with Crippen LogP contribution in [0.15, 0.2) is 180 Å². The van der Waals surface area contributed by atoms with Crippen molar-refractivity contribution >= 4 is 54.3 Å². The zero-order chi connectivity index (χ0) is 33.2. The van der Waals surface area contributed by atoms with E-state index in [9.17, 15) is 0 Å². The van der Waals surface area contributed by atoms with E-state index in [1.165, 1.54) is 60.1 Å². The zero-order valence-corrected chi connectivity index (χ0v) is 27.9. The molecular weight excluding hydrogens is 605 g/mol. The second kappa shape index (κ2) is 11.2. The maximum Gasteiger partial charge on any atom is 0.143 e. The number of rotatable bonds is 4. The Hall–Kier alpha value is -6.18. The molecule has 1 aliphatic carbocycles. The lowest BCUT2D eigenvalue weighted by Gasteiger charge is -2.27. The number of benzene rings is 8. The molecule has 1 atom stereocenters. The Kier molecular flexibility index (Phi) is 6.44. The van der Waals surface area contributed by atoms with E-state index in [0.717, 1.165) is 39.5 Å². The van der Waals surface area contributed by atoms with Gasteiger partial charge >= 0.3 is 0 Å². The second-order valence-corrected chi connectivity index (χ2v) is 13.9. The van der Waals surface area contributed by atoms with Crippen molar-refractivity contribution < 1.29 is 4.42 Å². The Labute approximate surface area is 291 Å². The van der Waals surface area contributed by atoms with E-state index in [-0.39, 0.29) is 5.41 Å². The fourth-order valence-corrected chi connectivity index (χ4v) is 8.35. The van der Waals surface area contributed by atoms with Crippen molar-refractivity contribution in [1.29, 1.82) is 0 Å². The first-order valence-electron chi connectivity index (χ1n) is 17.5. The molecule has 8 aromatic carbocycles. The highest BCUT2D eigenvalue weighted by atomic mass is 16.3. The van der Waals surface area contributed by atoms with E-state index in [2.05, 4.69) is 177 Å². The van der Waals surface area contributed by atoms with E-state index in [1.54, 1.807) is 0 Å². The Balaban J connectivity index is 1.20. The number of hydrogen-bond donors (Lipinski definition) is 0. The van der Waals surface area contributed by atoms with E-state index >= 15 is 0 Å². The van der Waals surface area contributed by atoms with Gasteiger partial charge in [-0.2, -0.15) is 0 Å². The van der Waals surface area contributed by atoms with Crippen LogP contribution < -0.4 is 0 Å². The third-order valence-corrected chi connectivity index (χ3v) is 10.8. The summed E-state index contributed by atoms with van der Waals surface area (Å²) < 4.78 is 6.64. The van der Waals surface area contributed by atoms with Crippen molar-refractivity contribution in [2.45, 2.75) is 18.8 Å². The van der Waals surface area contributed by atoms with Crippen molar-refractivity contribution in [3.05, 3.63) is 182 Å². The predicted molar refractivity (Wildman–Crippen MR) is 213 cm³/mol. The molecule has 0 radical (unpaired) electrons. The number of fused-ring (bicyclic) bond motifs is 6. The highest BCUT2D eigenvalue weighted by molar-refractivity contribution is 6.22. The van der Waals surface area contributed by atoms with Gasteiger partial charge in [-0.1, -0.05) is 165 Å². The van der Waals surface area contributed by atoms with Crippen LogP contribution in [0.5, 0.6) is 0 Å². The molecule has 1 aliphatic rings. The molecule has 50 heavy (non-hydrogen) atoms. The lowest BCUT2D eigenvalue weighted by Crippen LogP contribution is -2.19. The zero-order valence-electron chi connectivity index (χ0n) is 27.9. The molecule has 1 unspecified atom stereocenters. The molecule has 1 heterocycles. The van der Waals surface area contributed by atoms with Gasteiger partial charge in [0.25, 0.3) is 0 Å². The molecule has 0 aliphatic heterocycles. The van der Waals surface area contributed by atoms with E-state index in [1.807, 2.05) is 6.07 Å². The van der Waals surface area contributed by atoms with Gasteiger partial charge in [-0.3, -0.25) is 0 Å². The Morgan fingerprint density at radius 2 is 1.04 bits per heavy atom. The van der Waals surface area contributed by atoms with Crippen LogP contribution in [0, 0.1) is 0 Å². The minimum Gasteiger partial charge on any atom is -0.455 e. The summed E-state index contributed by atoms with van der Waals surface area (Å²) in [7, 11) is 0. The molecule has 1 heteroatoms. The standard InChI is InChI=1S/C49H34O/c1-49(28-11-2-12-29-49)36-26-24-32(25-27-36)45-39-19-5-7-21-41(39)46(42-22-8-6-20-40(42)45)34-15-13-16-35(30-34)47-37-17-4-3-14-33(37)31-43-38-18-9-10-23-44(38)50-48(43)47/h2-28,30-31H,29H2,1H3. The molecule has 236 valence electrons.